The first kappa shape index (κ1) is 46.3. The highest BCUT2D eigenvalue weighted by Gasteiger charge is 2.49. The minimum Gasteiger partial charge on any atom is -0.460 e. The normalized spacial score (nSPS) is 16.5. The molecule has 1 aliphatic rings. The van der Waals surface area contributed by atoms with E-state index in [9.17, 15) is 4.79 Å². The predicted molar refractivity (Wildman–Crippen MR) is 272 cm³/mol. The molecular weight excluding hydrogens is 783 g/mol. The van der Waals surface area contributed by atoms with Crippen molar-refractivity contribution in [3.8, 4) is 0 Å². The average Bonchev–Trinajstić information content (AvgIpc) is 3.29. The zero-order valence-electron chi connectivity index (χ0n) is 40.1. The lowest BCUT2D eigenvalue weighted by molar-refractivity contribution is -0.172. The minimum atomic E-state index is -0.615. The van der Waals surface area contributed by atoms with Gasteiger partial charge in [0.2, 0.25) is 0 Å². The van der Waals surface area contributed by atoms with Crippen LogP contribution in [0.4, 0.5) is 28.4 Å². The molecule has 334 valence electrons. The summed E-state index contributed by atoms with van der Waals surface area (Å²) in [5.74, 6) is 1.11. The van der Waals surface area contributed by atoms with Crippen LogP contribution in [-0.2, 0) is 9.53 Å². The summed E-state index contributed by atoms with van der Waals surface area (Å²) in [5.41, 5.74) is 8.46. The number of anilines is 5. The number of esters is 1. The van der Waals surface area contributed by atoms with Crippen LogP contribution in [0.15, 0.2) is 146 Å². The summed E-state index contributed by atoms with van der Waals surface area (Å²) in [6, 6.07) is 53.0. The third-order valence-corrected chi connectivity index (χ3v) is 13.5. The molecule has 1 aliphatic carbocycles. The second-order valence-electron chi connectivity index (χ2n) is 20.4. The molecule has 5 nitrogen and oxygen atoms in total. The lowest BCUT2D eigenvalue weighted by Crippen LogP contribution is -2.48. The van der Waals surface area contributed by atoms with Crippen molar-refractivity contribution in [2.24, 2.45) is 16.2 Å². The van der Waals surface area contributed by atoms with Crippen LogP contribution in [0, 0.1) is 22.2 Å². The van der Waals surface area contributed by atoms with E-state index in [1.807, 2.05) is 0 Å². The molecule has 0 bridgehead atoms. The summed E-state index contributed by atoms with van der Waals surface area (Å²) in [5, 5.41) is 6.30. The fourth-order valence-electron chi connectivity index (χ4n) is 9.79. The Morgan fingerprint density at radius 1 is 0.594 bits per heavy atom. The number of carbonyl (C=O) groups excluding carboxylic acids is 1. The van der Waals surface area contributed by atoms with Gasteiger partial charge in [0.15, 0.2) is 0 Å². The Labute approximate surface area is 385 Å². The Morgan fingerprint density at radius 2 is 1.06 bits per heavy atom. The van der Waals surface area contributed by atoms with Crippen LogP contribution in [0.1, 0.15) is 124 Å². The van der Waals surface area contributed by atoms with E-state index in [4.69, 9.17) is 4.74 Å². The topological polar surface area (TPSA) is 44.8 Å². The third kappa shape index (κ3) is 10.5. The number of rotatable bonds is 16. The molecule has 5 heteroatoms. The van der Waals surface area contributed by atoms with E-state index >= 15 is 0 Å². The highest BCUT2D eigenvalue weighted by atomic mass is 16.5. The Balaban J connectivity index is 1.26. The molecule has 0 spiro atoms. The molecule has 6 aromatic carbocycles. The van der Waals surface area contributed by atoms with Crippen molar-refractivity contribution >= 4 is 45.2 Å². The number of nitrogens with one attached hydrogen (secondary N) is 1. The number of fused-ring (bicyclic) bond motifs is 1. The molecule has 0 heterocycles. The van der Waals surface area contributed by atoms with Crippen LogP contribution in [-0.4, -0.2) is 31.2 Å². The van der Waals surface area contributed by atoms with E-state index in [1.54, 1.807) is 0 Å². The molecule has 7 rings (SSSR count). The van der Waals surface area contributed by atoms with Crippen LogP contribution in [0.25, 0.3) is 10.8 Å². The SMILES string of the molecule is CCCN(c1ccccc1)c1ccc([C+](c2ccc(N(CCC)c3ccccc3)cc2)c2ccc(NC3CCCCC3OC(=O)C(C)(CC(C)(C)C)C(C)(C)C)c3ccccc23)cc1. The van der Waals surface area contributed by atoms with Crippen molar-refractivity contribution in [2.75, 3.05) is 28.2 Å². The van der Waals surface area contributed by atoms with Crippen molar-refractivity contribution in [1.82, 2.24) is 0 Å². The number of para-hydroxylation sites is 2. The van der Waals surface area contributed by atoms with Crippen LogP contribution < -0.4 is 15.1 Å². The number of carbonyl (C=O) groups is 1. The molecule has 0 aromatic heterocycles. The number of hydrogen-bond acceptors (Lipinski definition) is 5. The van der Waals surface area contributed by atoms with E-state index < -0.39 is 5.41 Å². The quantitative estimate of drug-likeness (QED) is 0.0597. The number of hydrogen-bond donors (Lipinski definition) is 1. The molecule has 3 atom stereocenters. The fourth-order valence-corrected chi connectivity index (χ4v) is 9.79. The van der Waals surface area contributed by atoms with Gasteiger partial charge in [-0.15, -0.1) is 0 Å². The maximum Gasteiger partial charge on any atom is 0.312 e. The van der Waals surface area contributed by atoms with Gasteiger partial charge < -0.3 is 19.9 Å². The molecule has 3 unspecified atom stereocenters. The number of benzene rings is 6. The zero-order chi connectivity index (χ0) is 45.5. The molecule has 0 radical (unpaired) electrons. The molecule has 0 amide bonds. The molecule has 1 saturated carbocycles. The maximum absolute atomic E-state index is 14.3. The summed E-state index contributed by atoms with van der Waals surface area (Å²) in [6.45, 7) is 21.6. The monoisotopic (exact) mass is 855 g/mol. The van der Waals surface area contributed by atoms with Gasteiger partial charge in [-0.25, -0.2) is 0 Å². The Hall–Kier alpha value is -5.68. The summed E-state index contributed by atoms with van der Waals surface area (Å²) in [7, 11) is 0. The van der Waals surface area contributed by atoms with Gasteiger partial charge in [-0.05, 0) is 153 Å². The van der Waals surface area contributed by atoms with E-state index in [-0.39, 0.29) is 28.9 Å². The second-order valence-corrected chi connectivity index (χ2v) is 20.4. The highest BCUT2D eigenvalue weighted by molar-refractivity contribution is 5.98. The van der Waals surface area contributed by atoms with Crippen molar-refractivity contribution in [2.45, 2.75) is 119 Å². The summed E-state index contributed by atoms with van der Waals surface area (Å²) in [4.78, 5) is 19.1. The first-order valence-corrected chi connectivity index (χ1v) is 23.9. The number of nitrogens with zero attached hydrogens (tertiary/aromatic N) is 2. The van der Waals surface area contributed by atoms with Gasteiger partial charge in [0.1, 0.15) is 6.10 Å². The van der Waals surface area contributed by atoms with Crippen LogP contribution in [0.3, 0.4) is 0 Å². The summed E-state index contributed by atoms with van der Waals surface area (Å²) < 4.78 is 6.63. The molecule has 1 N–H and O–H groups in total. The molecular formula is C59H72N3O2+. The average molecular weight is 855 g/mol. The van der Waals surface area contributed by atoms with Crippen molar-refractivity contribution < 1.29 is 9.53 Å². The maximum atomic E-state index is 14.3. The van der Waals surface area contributed by atoms with Gasteiger partial charge in [0.25, 0.3) is 0 Å². The fraction of sp³-hybridized carbons (Fsp3) is 0.390. The highest BCUT2D eigenvalue weighted by Crippen LogP contribution is 2.48. The molecule has 0 aliphatic heterocycles. The van der Waals surface area contributed by atoms with Gasteiger partial charge in [-0.3, -0.25) is 4.79 Å². The molecule has 0 saturated heterocycles. The van der Waals surface area contributed by atoms with E-state index in [0.29, 0.717) is 0 Å². The van der Waals surface area contributed by atoms with Gasteiger partial charge in [0.05, 0.1) is 51.1 Å². The van der Waals surface area contributed by atoms with E-state index in [0.717, 1.165) is 80.2 Å². The Kier molecular flexibility index (Phi) is 14.5. The smallest absolute Gasteiger partial charge is 0.312 e. The van der Waals surface area contributed by atoms with Gasteiger partial charge in [-0.2, -0.15) is 0 Å². The minimum absolute atomic E-state index is 0.0129. The second kappa shape index (κ2) is 20.0. The third-order valence-electron chi connectivity index (χ3n) is 13.5. The molecule has 64 heavy (non-hydrogen) atoms. The lowest BCUT2D eigenvalue weighted by Gasteiger charge is -2.45. The Morgan fingerprint density at radius 3 is 1.55 bits per heavy atom. The zero-order valence-corrected chi connectivity index (χ0v) is 40.1. The standard InChI is InChI=1S/C59H72N3O2/c1-10-40-61(45-22-14-12-15-23-45)47-34-30-43(31-35-47)55(44-32-36-48(37-33-44)62(41-11-2)46-24-16-13-17-25-46)51-38-39-52(50-27-19-18-26-49(50)51)60-53-28-20-21-29-54(53)64-56(63)59(9,58(6,7)8)42-57(3,4)5/h12-19,22-27,30-39,53-54,60H,10-11,20-21,28-29,40-42H2,1-9H3/q+1. The first-order chi connectivity index (χ1) is 30.7. The van der Waals surface area contributed by atoms with Gasteiger partial charge in [-0.1, -0.05) is 110 Å². The van der Waals surface area contributed by atoms with Crippen molar-refractivity contribution in [3.05, 3.63) is 168 Å². The first-order valence-electron chi connectivity index (χ1n) is 23.9. The molecule has 1 fully saturated rings. The van der Waals surface area contributed by atoms with Gasteiger partial charge in [0, 0.05) is 35.2 Å². The summed E-state index contributed by atoms with van der Waals surface area (Å²) >= 11 is 0. The lowest BCUT2D eigenvalue weighted by atomic mass is 9.61. The van der Waals surface area contributed by atoms with Crippen LogP contribution >= 0.6 is 0 Å². The van der Waals surface area contributed by atoms with Crippen LogP contribution in [0.5, 0.6) is 0 Å². The van der Waals surface area contributed by atoms with E-state index in [2.05, 4.69) is 223 Å². The largest absolute Gasteiger partial charge is 0.460 e. The predicted octanol–water partition coefficient (Wildman–Crippen LogP) is 15.7. The van der Waals surface area contributed by atoms with Crippen LogP contribution in [0.2, 0.25) is 0 Å². The molecule has 6 aromatic rings. The summed E-state index contributed by atoms with van der Waals surface area (Å²) in [6.07, 6.45) is 6.61. The number of ether oxygens (including phenoxy) is 1. The van der Waals surface area contributed by atoms with Crippen molar-refractivity contribution in [1.29, 1.82) is 0 Å². The van der Waals surface area contributed by atoms with Crippen molar-refractivity contribution in [3.63, 3.8) is 0 Å². The van der Waals surface area contributed by atoms with Gasteiger partial charge >= 0.3 is 5.97 Å². The Bertz CT molecular complexity index is 2320. The van der Waals surface area contributed by atoms with E-state index in [1.165, 1.54) is 39.6 Å².